The summed E-state index contributed by atoms with van der Waals surface area (Å²) in [5.41, 5.74) is 0. The quantitative estimate of drug-likeness (QED) is 0.139. The van der Waals surface area contributed by atoms with Crippen LogP contribution in [0.2, 0.25) is 0 Å². The van der Waals surface area contributed by atoms with Crippen molar-refractivity contribution in [3.05, 3.63) is 97.3 Å². The molecule has 0 spiro atoms. The van der Waals surface area contributed by atoms with Gasteiger partial charge in [-0.1, -0.05) is 72.8 Å². The van der Waals surface area contributed by atoms with Crippen molar-refractivity contribution in [3.63, 3.8) is 0 Å². The first-order valence-corrected chi connectivity index (χ1v) is 8.86. The molecule has 0 saturated carbocycles. The van der Waals surface area contributed by atoms with Crippen molar-refractivity contribution < 1.29 is 13.2 Å². The third-order valence-corrected chi connectivity index (χ3v) is 4.68. The van der Waals surface area contributed by atoms with Crippen LogP contribution in [0.3, 0.4) is 0 Å². The summed E-state index contributed by atoms with van der Waals surface area (Å²) < 4.78 is 31.8. The summed E-state index contributed by atoms with van der Waals surface area (Å²) in [6.07, 6.45) is -2.48. The van der Waals surface area contributed by atoms with Crippen LogP contribution in [0.15, 0.2) is 97.3 Å². The number of halogens is 4. The molecular weight excluding hydrogens is 381 g/mol. The second-order valence-corrected chi connectivity index (χ2v) is 6.27. The fourth-order valence-electron chi connectivity index (χ4n) is 3.58. The summed E-state index contributed by atoms with van der Waals surface area (Å²) in [7, 11) is 0. The predicted octanol–water partition coefficient (Wildman–Crippen LogP) is 8.80. The Kier molecular flexibility index (Phi) is 5.86. The molecule has 0 N–H and O–H groups in total. The zero-order valence-corrected chi connectivity index (χ0v) is 15.6. The minimum absolute atomic E-state index is 1.33. The first-order chi connectivity index (χ1) is 13.6. The highest BCUT2D eigenvalue weighted by molar-refractivity contribution is 6.32. The van der Waals surface area contributed by atoms with Gasteiger partial charge in [-0.2, -0.15) is 13.2 Å². The van der Waals surface area contributed by atoms with Gasteiger partial charge in [0, 0.05) is 0 Å². The highest BCUT2D eigenvalue weighted by Crippen LogP contribution is 2.39. The second-order valence-electron chi connectivity index (χ2n) is 5.94. The first kappa shape index (κ1) is 19.7. The fraction of sp³-hybridized carbons (Fsp3) is 0. The van der Waals surface area contributed by atoms with E-state index in [0.29, 0.717) is 0 Å². The van der Waals surface area contributed by atoms with Gasteiger partial charge in [-0.25, -0.2) is 0 Å². The molecule has 0 amide bonds. The molecule has 0 aliphatic rings. The largest absolute Gasteiger partial charge is 0.317 e. The zero-order valence-electron chi connectivity index (χ0n) is 14.9. The molecule has 0 radical (unpaired) electrons. The van der Waals surface area contributed by atoms with Gasteiger partial charge in [-0.15, -0.1) is 13.2 Å². The summed E-state index contributed by atoms with van der Waals surface area (Å²) in [5, 5.41) is 8.95. The van der Waals surface area contributed by atoms with E-state index >= 15 is 0 Å². The Hall–Kier alpha value is -3.04. The van der Waals surface area contributed by atoms with Crippen LogP contribution in [0, 0.1) is 0 Å². The van der Waals surface area contributed by atoms with Crippen LogP contribution in [0.4, 0.5) is 13.2 Å². The molecular formula is C24H16ClF3. The van der Waals surface area contributed by atoms with E-state index in [4.69, 9.17) is 0 Å². The number of hydrogen-bond acceptors (Lipinski definition) is 0. The van der Waals surface area contributed by atoms with Crippen molar-refractivity contribution in [3.8, 4) is 0 Å². The maximum absolute atomic E-state index is 10.7. The molecule has 0 aromatic heterocycles. The van der Waals surface area contributed by atoms with Crippen LogP contribution < -0.4 is 0 Å². The third kappa shape index (κ3) is 3.41. The molecule has 5 aromatic rings. The van der Waals surface area contributed by atoms with E-state index in [1.54, 1.807) is 0 Å². The Morgan fingerprint density at radius 3 is 1.04 bits per heavy atom. The Balaban J connectivity index is 0.000000245. The lowest BCUT2D eigenvalue weighted by Gasteiger charge is -2.13. The summed E-state index contributed by atoms with van der Waals surface area (Å²) in [4.78, 5) is 0. The van der Waals surface area contributed by atoms with E-state index in [1.807, 2.05) is 0 Å². The summed E-state index contributed by atoms with van der Waals surface area (Å²) >= 11 is 4.08. The average molecular weight is 397 g/mol. The Labute approximate surface area is 165 Å². The Morgan fingerprint density at radius 1 is 0.571 bits per heavy atom. The minimum Gasteiger partial charge on any atom is -0.188 e. The van der Waals surface area contributed by atoms with Gasteiger partial charge in [-0.05, 0) is 54.7 Å². The van der Waals surface area contributed by atoms with Crippen LogP contribution in [-0.4, -0.2) is 0 Å². The predicted molar refractivity (Wildman–Crippen MR) is 115 cm³/mol. The van der Waals surface area contributed by atoms with Gasteiger partial charge >= 0.3 is 6.08 Å². The highest BCUT2D eigenvalue weighted by Gasteiger charge is 2.11. The molecule has 0 aliphatic carbocycles. The lowest BCUT2D eigenvalue weighted by Crippen LogP contribution is -1.85. The molecule has 0 saturated heterocycles. The first-order valence-electron chi connectivity index (χ1n) is 8.48. The van der Waals surface area contributed by atoms with Crippen LogP contribution >= 0.6 is 11.6 Å². The number of rotatable bonds is 0. The molecule has 28 heavy (non-hydrogen) atoms. The van der Waals surface area contributed by atoms with Gasteiger partial charge in [0.25, 0.3) is 5.29 Å². The molecule has 0 atom stereocenters. The summed E-state index contributed by atoms with van der Waals surface area (Å²) in [6, 6.07) is 26.4. The van der Waals surface area contributed by atoms with Crippen LogP contribution in [0.1, 0.15) is 0 Å². The molecule has 5 aromatic carbocycles. The molecule has 0 unspecified atom stereocenters. The second kappa shape index (κ2) is 8.32. The van der Waals surface area contributed by atoms with Crippen LogP contribution in [-0.2, 0) is 0 Å². The SMILES string of the molecule is C=C.FC(F)=C(F)Cl.c1cc2cccc3c4cccc5cccc(c(c1)c23)c54. The van der Waals surface area contributed by atoms with E-state index in [-0.39, 0.29) is 0 Å². The van der Waals surface area contributed by atoms with E-state index in [0.717, 1.165) is 0 Å². The molecule has 0 heterocycles. The maximum atomic E-state index is 10.7. The Morgan fingerprint density at radius 2 is 0.821 bits per heavy atom. The maximum Gasteiger partial charge on any atom is 0.317 e. The van der Waals surface area contributed by atoms with Gasteiger partial charge < -0.3 is 0 Å². The molecule has 0 aliphatic heterocycles. The molecule has 0 nitrogen and oxygen atoms in total. The van der Waals surface area contributed by atoms with Crippen molar-refractivity contribution in [2.75, 3.05) is 0 Å². The molecule has 140 valence electrons. The summed E-state index contributed by atoms with van der Waals surface area (Å²) in [5.74, 6) is 0. The van der Waals surface area contributed by atoms with E-state index in [2.05, 4.69) is 97.6 Å². The lowest BCUT2D eigenvalue weighted by atomic mass is 9.90. The molecule has 0 fully saturated rings. The van der Waals surface area contributed by atoms with Crippen molar-refractivity contribution >= 4 is 54.7 Å². The van der Waals surface area contributed by atoms with Crippen molar-refractivity contribution in [2.24, 2.45) is 0 Å². The minimum atomic E-state index is -2.48. The van der Waals surface area contributed by atoms with Gasteiger partial charge in [0.1, 0.15) is 0 Å². The molecule has 4 heteroatoms. The standard InChI is InChI=1S/C20H12.C2ClF3.C2H4/c1-5-13-6-2-11-17-18-12-4-8-14-7-3-10-16(20(14)18)15(9-1)19(13)17;3-1(4)2(5)6;1-2/h1-12H;;1-2H2. The van der Waals surface area contributed by atoms with Crippen LogP contribution in [0.5, 0.6) is 0 Å². The smallest absolute Gasteiger partial charge is 0.188 e. The molecule has 5 rings (SSSR count). The lowest BCUT2D eigenvalue weighted by molar-refractivity contribution is 0.393. The van der Waals surface area contributed by atoms with E-state index in [9.17, 15) is 13.2 Å². The monoisotopic (exact) mass is 396 g/mol. The zero-order chi connectivity index (χ0) is 20.3. The van der Waals surface area contributed by atoms with Gasteiger partial charge in [-0.3, -0.25) is 0 Å². The van der Waals surface area contributed by atoms with Crippen molar-refractivity contribution in [1.82, 2.24) is 0 Å². The normalized spacial score (nSPS) is 10.4. The number of benzene rings is 5. The van der Waals surface area contributed by atoms with Crippen molar-refractivity contribution in [1.29, 1.82) is 0 Å². The van der Waals surface area contributed by atoms with Gasteiger partial charge in [0.2, 0.25) is 0 Å². The van der Waals surface area contributed by atoms with E-state index < -0.39 is 11.4 Å². The van der Waals surface area contributed by atoms with Crippen LogP contribution in [0.25, 0.3) is 43.1 Å². The van der Waals surface area contributed by atoms with Gasteiger partial charge in [0.15, 0.2) is 0 Å². The van der Waals surface area contributed by atoms with Crippen molar-refractivity contribution in [2.45, 2.75) is 0 Å². The fourth-order valence-corrected chi connectivity index (χ4v) is 3.58. The Bertz CT molecular complexity index is 1100. The number of hydrogen-bond donors (Lipinski definition) is 0. The third-order valence-electron chi connectivity index (χ3n) is 4.53. The van der Waals surface area contributed by atoms with E-state index in [1.165, 1.54) is 43.1 Å². The highest BCUT2D eigenvalue weighted by atomic mass is 35.5. The summed E-state index contributed by atoms with van der Waals surface area (Å²) in [6.45, 7) is 6.00. The topological polar surface area (TPSA) is 0 Å². The average Bonchev–Trinajstić information content (AvgIpc) is 2.73. The van der Waals surface area contributed by atoms with Gasteiger partial charge in [0.05, 0.1) is 0 Å². The number of fused-ring (bicyclic) bond motifs is 2. The molecule has 0 bridgehead atoms.